The molecule has 0 aromatic heterocycles. The van der Waals surface area contributed by atoms with Crippen LogP contribution in [0.25, 0.3) is 0 Å². The van der Waals surface area contributed by atoms with Crippen molar-refractivity contribution < 1.29 is 16.9 Å². The van der Waals surface area contributed by atoms with Crippen LogP contribution in [0, 0.1) is 0 Å². The van der Waals surface area contributed by atoms with Gasteiger partial charge < -0.3 is 16.9 Å². The van der Waals surface area contributed by atoms with Gasteiger partial charge in [0.15, 0.2) is 0 Å². The van der Waals surface area contributed by atoms with Crippen LogP contribution >= 0.6 is 0 Å². The van der Waals surface area contributed by atoms with Crippen LogP contribution in [-0.4, -0.2) is 32.2 Å². The number of unbranched alkanes of at least 4 members (excludes halogenated alkanes) is 1. The van der Waals surface area contributed by atoms with E-state index in [9.17, 15) is 0 Å². The highest BCUT2D eigenvalue weighted by Gasteiger charge is 2.02. The summed E-state index contributed by atoms with van der Waals surface area (Å²) in [6.45, 7) is 3.53. The van der Waals surface area contributed by atoms with Gasteiger partial charge in [-0.2, -0.15) is 0 Å². The maximum absolute atomic E-state index is 2.23. The summed E-state index contributed by atoms with van der Waals surface area (Å²) in [6, 6.07) is 0. The molecule has 58 valence electrons. The van der Waals surface area contributed by atoms with E-state index in [1.807, 2.05) is 0 Å². The molecule has 9 heavy (non-hydrogen) atoms. The fourth-order valence-corrected chi connectivity index (χ4v) is 0.632. The smallest absolute Gasteiger partial charge is 0.0780 e. The first-order valence-electron chi connectivity index (χ1n) is 3.36. The first-order chi connectivity index (χ1) is 3.56. The monoisotopic (exact) mass is 151 g/mol. The van der Waals surface area contributed by atoms with Gasteiger partial charge in [0.1, 0.15) is 0 Å². The average molecular weight is 152 g/mol. The average Bonchev–Trinajstić information content (AvgIpc) is 1.59. The van der Waals surface area contributed by atoms with E-state index >= 15 is 0 Å². The molecule has 0 radical (unpaired) electrons. The number of hydrogen-bond acceptors (Lipinski definition) is 0. The van der Waals surface area contributed by atoms with Crippen LogP contribution in [0.1, 0.15) is 19.8 Å². The van der Waals surface area contributed by atoms with E-state index in [0.717, 1.165) is 4.48 Å². The summed E-state index contributed by atoms with van der Waals surface area (Å²) in [5.74, 6) is 0. The first-order valence-corrected chi connectivity index (χ1v) is 3.36. The van der Waals surface area contributed by atoms with Crippen molar-refractivity contribution in [3.63, 3.8) is 0 Å². The Kier molecular flexibility index (Phi) is 6.74. The Morgan fingerprint density at radius 1 is 1.11 bits per heavy atom. The third-order valence-electron chi connectivity index (χ3n) is 1.18. The Balaban J connectivity index is 0. The lowest BCUT2D eigenvalue weighted by molar-refractivity contribution is -0.870. The number of nitrogens with zero attached hydrogens (tertiary/aromatic N) is 1. The van der Waals surface area contributed by atoms with Crippen molar-refractivity contribution in [3.05, 3.63) is 0 Å². The standard InChI is InChI=1S/C7H18N.ClH/c1-5-6-7-8(2,3)4;/h5-7H2,1-4H3;1H/q+1;/p-1. The molecule has 0 fully saturated rings. The van der Waals surface area contributed by atoms with E-state index in [2.05, 4.69) is 28.1 Å². The van der Waals surface area contributed by atoms with Crippen molar-refractivity contribution in [2.45, 2.75) is 19.8 Å². The van der Waals surface area contributed by atoms with Crippen LogP contribution in [0.4, 0.5) is 0 Å². The summed E-state index contributed by atoms with van der Waals surface area (Å²) in [7, 11) is 6.70. The normalized spacial score (nSPS) is 10.7. The second-order valence-corrected chi connectivity index (χ2v) is 3.37. The van der Waals surface area contributed by atoms with Crippen LogP contribution in [-0.2, 0) is 0 Å². The lowest BCUT2D eigenvalue weighted by Crippen LogP contribution is -3.00. The predicted molar refractivity (Wildman–Crippen MR) is 37.8 cm³/mol. The molecule has 0 unspecified atom stereocenters. The van der Waals surface area contributed by atoms with Crippen LogP contribution < -0.4 is 12.4 Å². The third kappa shape index (κ3) is 11.7. The summed E-state index contributed by atoms with van der Waals surface area (Å²) in [5.41, 5.74) is 0. The zero-order chi connectivity index (χ0) is 6.62. The maximum Gasteiger partial charge on any atom is 0.0780 e. The van der Waals surface area contributed by atoms with E-state index in [4.69, 9.17) is 0 Å². The Hall–Kier alpha value is 0.250. The minimum Gasteiger partial charge on any atom is -1.00 e. The number of halogens is 1. The van der Waals surface area contributed by atoms with Crippen molar-refractivity contribution in [3.8, 4) is 0 Å². The second-order valence-electron chi connectivity index (χ2n) is 3.37. The van der Waals surface area contributed by atoms with Gasteiger partial charge in [-0.15, -0.1) is 0 Å². The highest BCUT2D eigenvalue weighted by Crippen LogP contribution is 1.94. The molecule has 0 saturated heterocycles. The zero-order valence-electron chi connectivity index (χ0n) is 6.95. The predicted octanol–water partition coefficient (Wildman–Crippen LogP) is -1.50. The molecule has 0 aromatic rings. The van der Waals surface area contributed by atoms with Gasteiger partial charge in [-0.1, -0.05) is 13.3 Å². The molecule has 0 atom stereocenters. The van der Waals surface area contributed by atoms with Gasteiger partial charge in [-0.25, -0.2) is 0 Å². The minimum atomic E-state index is 0. The Bertz CT molecular complexity index is 56.4. The van der Waals surface area contributed by atoms with Crippen molar-refractivity contribution in [2.75, 3.05) is 27.7 Å². The molecule has 0 amide bonds. The molecule has 0 heterocycles. The topological polar surface area (TPSA) is 0 Å². The highest BCUT2D eigenvalue weighted by atomic mass is 35.5. The first kappa shape index (κ1) is 12.0. The molecule has 0 bridgehead atoms. The molecule has 0 aliphatic heterocycles. The van der Waals surface area contributed by atoms with Crippen LogP contribution in [0.5, 0.6) is 0 Å². The van der Waals surface area contributed by atoms with Crippen molar-refractivity contribution >= 4 is 0 Å². The molecule has 0 spiro atoms. The SMILES string of the molecule is CCCC[N+](C)(C)C.[Cl-]. The molecule has 0 aromatic carbocycles. The fraction of sp³-hybridized carbons (Fsp3) is 1.00. The van der Waals surface area contributed by atoms with E-state index in [1.54, 1.807) is 0 Å². The third-order valence-corrected chi connectivity index (χ3v) is 1.18. The van der Waals surface area contributed by atoms with Gasteiger partial charge in [0.05, 0.1) is 27.7 Å². The van der Waals surface area contributed by atoms with Gasteiger partial charge in [0.2, 0.25) is 0 Å². The fourth-order valence-electron chi connectivity index (χ4n) is 0.632. The summed E-state index contributed by atoms with van der Waals surface area (Å²) >= 11 is 0. The molecular weight excluding hydrogens is 134 g/mol. The van der Waals surface area contributed by atoms with E-state index in [-0.39, 0.29) is 12.4 Å². The van der Waals surface area contributed by atoms with Crippen LogP contribution in [0.3, 0.4) is 0 Å². The number of hydrogen-bond donors (Lipinski definition) is 0. The summed E-state index contributed by atoms with van der Waals surface area (Å²) in [6.07, 6.45) is 2.67. The highest BCUT2D eigenvalue weighted by molar-refractivity contribution is 4.29. The molecule has 0 saturated carbocycles. The summed E-state index contributed by atoms with van der Waals surface area (Å²) in [4.78, 5) is 0. The van der Waals surface area contributed by atoms with Gasteiger partial charge in [0, 0.05) is 0 Å². The lowest BCUT2D eigenvalue weighted by atomic mass is 10.3. The van der Waals surface area contributed by atoms with Gasteiger partial charge in [0.25, 0.3) is 0 Å². The summed E-state index contributed by atoms with van der Waals surface area (Å²) < 4.78 is 1.10. The van der Waals surface area contributed by atoms with Gasteiger partial charge in [-0.3, -0.25) is 0 Å². The van der Waals surface area contributed by atoms with Crippen molar-refractivity contribution in [2.24, 2.45) is 0 Å². The molecule has 2 heteroatoms. The van der Waals surface area contributed by atoms with Crippen molar-refractivity contribution in [1.82, 2.24) is 0 Å². The van der Waals surface area contributed by atoms with Crippen molar-refractivity contribution in [1.29, 1.82) is 0 Å². The molecular formula is C7H18ClN. The Morgan fingerprint density at radius 3 is 1.67 bits per heavy atom. The number of quaternary nitrogens is 1. The Labute approximate surface area is 65.1 Å². The summed E-state index contributed by atoms with van der Waals surface area (Å²) in [5, 5.41) is 0. The van der Waals surface area contributed by atoms with Crippen LogP contribution in [0.15, 0.2) is 0 Å². The molecule has 0 aliphatic carbocycles. The largest absolute Gasteiger partial charge is 1.00 e. The molecule has 0 rings (SSSR count). The molecule has 1 nitrogen and oxygen atoms in total. The minimum absolute atomic E-state index is 0. The van der Waals surface area contributed by atoms with Crippen LogP contribution in [0.2, 0.25) is 0 Å². The maximum atomic E-state index is 2.23. The van der Waals surface area contributed by atoms with E-state index < -0.39 is 0 Å². The molecule has 0 N–H and O–H groups in total. The van der Waals surface area contributed by atoms with E-state index in [1.165, 1.54) is 19.4 Å². The zero-order valence-corrected chi connectivity index (χ0v) is 7.70. The molecule has 0 aliphatic rings. The van der Waals surface area contributed by atoms with Gasteiger partial charge >= 0.3 is 0 Å². The Morgan fingerprint density at radius 2 is 1.56 bits per heavy atom. The second kappa shape index (κ2) is 5.07. The lowest BCUT2D eigenvalue weighted by Gasteiger charge is -2.23. The van der Waals surface area contributed by atoms with Gasteiger partial charge in [-0.05, 0) is 6.42 Å². The quantitative estimate of drug-likeness (QED) is 0.431. The van der Waals surface area contributed by atoms with E-state index in [0.29, 0.717) is 0 Å². The number of rotatable bonds is 3.